The smallest absolute Gasteiger partial charge is 0.346 e. The van der Waals surface area contributed by atoms with E-state index in [4.69, 9.17) is 4.42 Å². The van der Waals surface area contributed by atoms with E-state index in [9.17, 15) is 9.59 Å². The van der Waals surface area contributed by atoms with Crippen LogP contribution in [-0.2, 0) is 14.1 Å². The minimum Gasteiger partial charge on any atom is -0.466 e. The summed E-state index contributed by atoms with van der Waals surface area (Å²) in [6.45, 7) is 5.64. The van der Waals surface area contributed by atoms with Crippen molar-refractivity contribution in [2.45, 2.75) is 26.8 Å². The Kier molecular flexibility index (Phi) is 3.52. The third kappa shape index (κ3) is 2.38. The molecule has 2 heterocycles. The number of furan rings is 1. The number of aromatic nitrogens is 3. The molecule has 0 radical (unpaired) electrons. The van der Waals surface area contributed by atoms with Gasteiger partial charge in [0, 0.05) is 19.7 Å². The van der Waals surface area contributed by atoms with E-state index in [0.717, 1.165) is 26.3 Å². The topological polar surface area (TPSA) is 82.1 Å². The van der Waals surface area contributed by atoms with E-state index in [0.29, 0.717) is 0 Å². The van der Waals surface area contributed by atoms with Gasteiger partial charge in [0.1, 0.15) is 11.5 Å². The quantitative estimate of drug-likeness (QED) is 0.900. The third-order valence-electron chi connectivity index (χ3n) is 3.22. The summed E-state index contributed by atoms with van der Waals surface area (Å²) in [5.74, 6) is 1.75. The van der Waals surface area contributed by atoms with Crippen molar-refractivity contribution in [3.63, 3.8) is 0 Å². The molecule has 20 heavy (non-hydrogen) atoms. The van der Waals surface area contributed by atoms with Crippen molar-refractivity contribution >= 4 is 5.82 Å². The molecule has 108 valence electrons. The Morgan fingerprint density at radius 2 is 1.95 bits per heavy atom. The van der Waals surface area contributed by atoms with Gasteiger partial charge in [-0.25, -0.2) is 9.48 Å². The van der Waals surface area contributed by atoms with Gasteiger partial charge in [-0.3, -0.25) is 9.36 Å². The average molecular weight is 278 g/mol. The zero-order valence-corrected chi connectivity index (χ0v) is 12.2. The summed E-state index contributed by atoms with van der Waals surface area (Å²) in [6, 6.07) is 1.77. The highest BCUT2D eigenvalue weighted by molar-refractivity contribution is 5.36. The molecule has 7 nitrogen and oxygen atoms in total. The molecule has 2 rings (SSSR count). The second-order valence-electron chi connectivity index (χ2n) is 4.85. The van der Waals surface area contributed by atoms with E-state index in [1.807, 2.05) is 26.8 Å². The van der Waals surface area contributed by atoms with Crippen molar-refractivity contribution in [2.75, 3.05) is 5.32 Å². The second kappa shape index (κ2) is 4.99. The van der Waals surface area contributed by atoms with Gasteiger partial charge in [0.2, 0.25) is 5.82 Å². The van der Waals surface area contributed by atoms with Crippen LogP contribution in [0.5, 0.6) is 0 Å². The molecule has 0 amide bonds. The SMILES string of the molecule is Cc1cc(C(C)Nc2nn(C)c(=O)n(C)c2=O)c(C)o1. The monoisotopic (exact) mass is 278 g/mol. The summed E-state index contributed by atoms with van der Waals surface area (Å²) >= 11 is 0. The lowest BCUT2D eigenvalue weighted by molar-refractivity contribution is 0.499. The predicted molar refractivity (Wildman–Crippen MR) is 74.9 cm³/mol. The number of hydrogen-bond acceptors (Lipinski definition) is 5. The summed E-state index contributed by atoms with van der Waals surface area (Å²) in [4.78, 5) is 23.6. The molecule has 0 saturated carbocycles. The van der Waals surface area contributed by atoms with Gasteiger partial charge < -0.3 is 9.73 Å². The molecular weight excluding hydrogens is 260 g/mol. The zero-order valence-electron chi connectivity index (χ0n) is 12.2. The Morgan fingerprint density at radius 3 is 2.50 bits per heavy atom. The van der Waals surface area contributed by atoms with E-state index in [2.05, 4.69) is 10.4 Å². The van der Waals surface area contributed by atoms with E-state index in [-0.39, 0.29) is 11.9 Å². The number of rotatable bonds is 3. The van der Waals surface area contributed by atoms with Gasteiger partial charge in [0.05, 0.1) is 6.04 Å². The minimum atomic E-state index is -0.455. The van der Waals surface area contributed by atoms with Gasteiger partial charge in [-0.15, -0.1) is 5.10 Å². The van der Waals surface area contributed by atoms with Gasteiger partial charge >= 0.3 is 5.69 Å². The Bertz CT molecular complexity index is 754. The van der Waals surface area contributed by atoms with Crippen molar-refractivity contribution < 1.29 is 4.42 Å². The fraction of sp³-hybridized carbons (Fsp3) is 0.462. The molecule has 1 atom stereocenters. The molecule has 0 aliphatic carbocycles. The summed E-state index contributed by atoms with van der Waals surface area (Å²) < 4.78 is 7.62. The normalized spacial score (nSPS) is 12.4. The first-order valence-electron chi connectivity index (χ1n) is 6.29. The fourth-order valence-corrected chi connectivity index (χ4v) is 2.15. The number of anilines is 1. The molecule has 1 N–H and O–H groups in total. The first kappa shape index (κ1) is 14.1. The van der Waals surface area contributed by atoms with Crippen LogP contribution in [0.25, 0.3) is 0 Å². The first-order valence-corrected chi connectivity index (χ1v) is 6.29. The lowest BCUT2D eigenvalue weighted by atomic mass is 10.1. The second-order valence-corrected chi connectivity index (χ2v) is 4.85. The highest BCUT2D eigenvalue weighted by atomic mass is 16.3. The van der Waals surface area contributed by atoms with Crippen molar-refractivity contribution in [3.8, 4) is 0 Å². The van der Waals surface area contributed by atoms with Crippen LogP contribution in [0.1, 0.15) is 30.0 Å². The molecule has 0 saturated heterocycles. The number of aryl methyl sites for hydroxylation is 3. The maximum atomic E-state index is 12.0. The molecule has 7 heteroatoms. The molecule has 0 aliphatic heterocycles. The van der Waals surface area contributed by atoms with E-state index < -0.39 is 11.2 Å². The van der Waals surface area contributed by atoms with Crippen LogP contribution in [0.4, 0.5) is 5.82 Å². The van der Waals surface area contributed by atoms with Crippen molar-refractivity contribution in [1.82, 2.24) is 14.3 Å². The molecule has 2 aromatic heterocycles. The minimum absolute atomic E-state index is 0.139. The average Bonchev–Trinajstić information content (AvgIpc) is 2.72. The molecule has 1 unspecified atom stereocenters. The Hall–Kier alpha value is -2.31. The molecule has 0 aromatic carbocycles. The fourth-order valence-electron chi connectivity index (χ4n) is 2.15. The van der Waals surface area contributed by atoms with Crippen molar-refractivity contribution in [2.24, 2.45) is 14.1 Å². The molecule has 0 spiro atoms. The summed E-state index contributed by atoms with van der Waals surface area (Å²) in [5.41, 5.74) is 0.0570. The molecule has 0 fully saturated rings. The Labute approximate surface area is 115 Å². The van der Waals surface area contributed by atoms with Crippen LogP contribution in [0.15, 0.2) is 20.1 Å². The predicted octanol–water partition coefficient (Wildman–Crippen LogP) is 0.862. The van der Waals surface area contributed by atoms with Crippen LogP contribution in [0.2, 0.25) is 0 Å². The van der Waals surface area contributed by atoms with Crippen LogP contribution in [-0.4, -0.2) is 14.3 Å². The standard InChI is InChI=1S/C13H18N4O3/c1-7-6-10(9(3)20-7)8(2)14-11-12(18)16(4)13(19)17(5)15-11/h6,8H,1-5H3,(H,14,15). The largest absolute Gasteiger partial charge is 0.466 e. The molecule has 0 bridgehead atoms. The lowest BCUT2D eigenvalue weighted by Gasteiger charge is -2.14. The first-order chi connectivity index (χ1) is 9.31. The Morgan fingerprint density at radius 1 is 1.30 bits per heavy atom. The number of nitrogens with one attached hydrogen (secondary N) is 1. The van der Waals surface area contributed by atoms with Crippen LogP contribution in [0, 0.1) is 13.8 Å². The Balaban J connectivity index is 2.38. The zero-order chi connectivity index (χ0) is 15.0. The summed E-state index contributed by atoms with van der Waals surface area (Å²) in [5, 5.41) is 6.99. The van der Waals surface area contributed by atoms with Crippen LogP contribution in [0.3, 0.4) is 0 Å². The molecule has 2 aromatic rings. The summed E-state index contributed by atoms with van der Waals surface area (Å²) in [7, 11) is 2.93. The maximum Gasteiger partial charge on any atom is 0.346 e. The van der Waals surface area contributed by atoms with Crippen molar-refractivity contribution in [3.05, 3.63) is 44.0 Å². The van der Waals surface area contributed by atoms with Crippen LogP contribution >= 0.6 is 0 Å². The van der Waals surface area contributed by atoms with Gasteiger partial charge in [-0.2, -0.15) is 0 Å². The van der Waals surface area contributed by atoms with Crippen LogP contribution < -0.4 is 16.6 Å². The number of nitrogens with zero attached hydrogens (tertiary/aromatic N) is 3. The lowest BCUT2D eigenvalue weighted by Crippen LogP contribution is -2.40. The van der Waals surface area contributed by atoms with Gasteiger partial charge in [-0.05, 0) is 26.8 Å². The van der Waals surface area contributed by atoms with Gasteiger partial charge in [-0.1, -0.05) is 0 Å². The summed E-state index contributed by atoms with van der Waals surface area (Å²) in [6.07, 6.45) is 0. The highest BCUT2D eigenvalue weighted by Gasteiger charge is 2.16. The number of hydrogen-bond donors (Lipinski definition) is 1. The van der Waals surface area contributed by atoms with Gasteiger partial charge in [0.15, 0.2) is 0 Å². The van der Waals surface area contributed by atoms with E-state index >= 15 is 0 Å². The maximum absolute atomic E-state index is 12.0. The third-order valence-corrected chi connectivity index (χ3v) is 3.22. The highest BCUT2D eigenvalue weighted by Crippen LogP contribution is 2.23. The molecule has 0 aliphatic rings. The van der Waals surface area contributed by atoms with Gasteiger partial charge in [0.25, 0.3) is 5.56 Å². The van der Waals surface area contributed by atoms with E-state index in [1.165, 1.54) is 14.1 Å². The molecular formula is C13H18N4O3. The van der Waals surface area contributed by atoms with E-state index in [1.54, 1.807) is 0 Å². The van der Waals surface area contributed by atoms with Crippen molar-refractivity contribution in [1.29, 1.82) is 0 Å².